The summed E-state index contributed by atoms with van der Waals surface area (Å²) in [6, 6.07) is 6.70. The second kappa shape index (κ2) is 20.4. The van der Waals surface area contributed by atoms with Gasteiger partial charge in [-0.15, -0.1) is 0 Å². The molecule has 0 saturated carbocycles. The predicted molar refractivity (Wildman–Crippen MR) is 232 cm³/mol. The van der Waals surface area contributed by atoms with Crippen molar-refractivity contribution in [3.63, 3.8) is 0 Å². The van der Waals surface area contributed by atoms with Crippen molar-refractivity contribution in [2.24, 2.45) is 11.8 Å². The number of hydrogen-bond donors (Lipinski definition) is 1. The minimum absolute atomic E-state index is 0.00673. The van der Waals surface area contributed by atoms with Gasteiger partial charge >= 0.3 is 11.9 Å². The Kier molecular flexibility index (Phi) is 15.6. The number of pyridine rings is 4. The highest BCUT2D eigenvalue weighted by molar-refractivity contribution is 5.90. The van der Waals surface area contributed by atoms with E-state index in [4.69, 9.17) is 33.2 Å². The molecule has 16 nitrogen and oxygen atoms in total. The lowest BCUT2D eigenvalue weighted by molar-refractivity contribution is 0.00665. The lowest BCUT2D eigenvalue weighted by Gasteiger charge is -2.33. The lowest BCUT2D eigenvalue weighted by atomic mass is 9.89. The van der Waals surface area contributed by atoms with Crippen molar-refractivity contribution in [2.75, 3.05) is 54.9 Å². The van der Waals surface area contributed by atoms with Crippen molar-refractivity contribution >= 4 is 11.9 Å². The molecule has 0 aliphatic carbocycles. The Morgan fingerprint density at radius 2 is 1.11 bits per heavy atom. The molecular formula is C46H60N4O12. The largest absolute Gasteiger partial charge is 0.488 e. The van der Waals surface area contributed by atoms with Gasteiger partial charge in [-0.3, -0.25) is 9.59 Å². The Morgan fingerprint density at radius 3 is 1.48 bits per heavy atom. The number of aromatic nitrogens is 4. The Hall–Kier alpha value is -5.74. The molecule has 0 amide bonds. The van der Waals surface area contributed by atoms with Crippen LogP contribution in [0.15, 0.2) is 46.2 Å². The van der Waals surface area contributed by atoms with Crippen molar-refractivity contribution < 1.29 is 47.9 Å². The average molecular weight is 861 g/mol. The molecule has 0 radical (unpaired) electrons. The van der Waals surface area contributed by atoms with E-state index in [0.717, 1.165) is 24.0 Å². The van der Waals surface area contributed by atoms with Gasteiger partial charge in [0.15, 0.2) is 22.4 Å². The number of carboxylic acid groups (broad SMARTS) is 1. The Morgan fingerprint density at radius 1 is 0.694 bits per heavy atom. The van der Waals surface area contributed by atoms with E-state index < -0.39 is 28.4 Å². The fraction of sp³-hybridized carbons (Fsp3) is 0.522. The number of carbonyl (C=O) groups is 2. The number of nitrogens with zero attached hydrogens (tertiary/aromatic N) is 4. The van der Waals surface area contributed by atoms with Crippen molar-refractivity contribution in [1.29, 1.82) is 0 Å². The number of carbonyl (C=O) groups excluding carboxylic acids is 1. The molecule has 16 heteroatoms. The molecule has 0 saturated heterocycles. The fourth-order valence-electron chi connectivity index (χ4n) is 7.49. The highest BCUT2D eigenvalue weighted by atomic mass is 16.6. The zero-order chi connectivity index (χ0) is 45.5. The summed E-state index contributed by atoms with van der Waals surface area (Å²) in [5, 5.41) is 9.35. The second-order valence-electron chi connectivity index (χ2n) is 16.9. The van der Waals surface area contributed by atoms with E-state index in [0.29, 0.717) is 85.3 Å². The highest BCUT2D eigenvalue weighted by Gasteiger charge is 2.33. The fourth-order valence-corrected chi connectivity index (χ4v) is 7.49. The Bertz CT molecular complexity index is 2360. The van der Waals surface area contributed by atoms with Gasteiger partial charge in [0.2, 0.25) is 0 Å². The molecule has 1 N–H and O–H groups in total. The van der Waals surface area contributed by atoms with Gasteiger partial charge in [0.1, 0.15) is 16.7 Å². The number of hydrogen-bond acceptors (Lipinski definition) is 13. The molecule has 4 aromatic rings. The molecule has 2 aliphatic heterocycles. The van der Waals surface area contributed by atoms with Crippen molar-refractivity contribution in [1.82, 2.24) is 19.1 Å². The van der Waals surface area contributed by atoms with E-state index in [9.17, 15) is 24.3 Å². The van der Waals surface area contributed by atoms with Crippen LogP contribution in [0.4, 0.5) is 0 Å². The molecule has 0 bridgehead atoms. The maximum Gasteiger partial charge on any atom is 0.344 e. The zero-order valence-electron chi connectivity index (χ0n) is 37.7. The van der Waals surface area contributed by atoms with Gasteiger partial charge in [-0.05, 0) is 68.7 Å². The number of rotatable bonds is 16. The van der Waals surface area contributed by atoms with Crippen molar-refractivity contribution in [2.45, 2.75) is 91.8 Å². The van der Waals surface area contributed by atoms with Gasteiger partial charge in [-0.2, -0.15) is 0 Å². The predicted octanol–water partition coefficient (Wildman–Crippen LogP) is 6.83. The molecule has 6 heterocycles. The van der Waals surface area contributed by atoms with Gasteiger partial charge in [0, 0.05) is 76.9 Å². The third-order valence-electron chi connectivity index (χ3n) is 10.6. The molecule has 336 valence electrons. The molecule has 2 atom stereocenters. The number of carboxylic acids is 1. The van der Waals surface area contributed by atoms with E-state index in [2.05, 4.69) is 37.7 Å². The summed E-state index contributed by atoms with van der Waals surface area (Å²) in [5.41, 5.74) is 2.56. The zero-order valence-corrected chi connectivity index (χ0v) is 37.7. The smallest absolute Gasteiger partial charge is 0.344 e. The topological polar surface area (TPSA) is 189 Å². The van der Waals surface area contributed by atoms with Crippen LogP contribution in [0.5, 0.6) is 23.3 Å². The summed E-state index contributed by atoms with van der Waals surface area (Å²) in [6.45, 7) is 15.8. The third-order valence-corrected chi connectivity index (χ3v) is 10.6. The van der Waals surface area contributed by atoms with Crippen LogP contribution >= 0.6 is 0 Å². The molecule has 6 rings (SSSR count). The minimum atomic E-state index is -1.23. The van der Waals surface area contributed by atoms with Gasteiger partial charge in [-0.25, -0.2) is 19.6 Å². The number of ether oxygens (including phenoxy) is 7. The Balaban J connectivity index is 0.000000236. The molecule has 0 fully saturated rings. The van der Waals surface area contributed by atoms with Crippen LogP contribution in [0.2, 0.25) is 0 Å². The van der Waals surface area contributed by atoms with Crippen LogP contribution in [0.25, 0.3) is 22.8 Å². The van der Waals surface area contributed by atoms with Crippen LogP contribution < -0.4 is 29.8 Å². The number of esters is 1. The number of fused-ring (bicyclic) bond motifs is 6. The van der Waals surface area contributed by atoms with Crippen LogP contribution in [0, 0.1) is 11.8 Å². The van der Waals surface area contributed by atoms with Gasteiger partial charge in [0.25, 0.3) is 11.8 Å². The summed E-state index contributed by atoms with van der Waals surface area (Å²) in [5.74, 6) is 0.400. The number of aromatic carboxylic acids is 1. The van der Waals surface area contributed by atoms with Crippen LogP contribution in [-0.2, 0) is 27.1 Å². The highest BCUT2D eigenvalue weighted by Crippen LogP contribution is 2.42. The first kappa shape index (κ1) is 47.3. The Labute approximate surface area is 362 Å². The van der Waals surface area contributed by atoms with Crippen LogP contribution in [0.3, 0.4) is 0 Å². The monoisotopic (exact) mass is 860 g/mol. The first-order chi connectivity index (χ1) is 29.4. The SMILES string of the molecule is COCCCOc1cc2c(nc1OC)-c1cc(=O)c(C(=O)O)cn1[C@H](C(C)C)C2.COCCCOc1cc2c(nc1OC)-c1cc(=O)c(C(=O)OC(C)(C)C)cn1[C@H](C(C)C)C2. The quantitative estimate of drug-likeness (QED) is 0.0912. The molecule has 0 unspecified atom stereocenters. The van der Waals surface area contributed by atoms with Crippen LogP contribution in [0.1, 0.15) is 105 Å². The first-order valence-electron chi connectivity index (χ1n) is 20.8. The van der Waals surface area contributed by atoms with Gasteiger partial charge in [-0.1, -0.05) is 27.7 Å². The maximum absolute atomic E-state index is 12.9. The van der Waals surface area contributed by atoms with E-state index in [1.165, 1.54) is 32.5 Å². The molecule has 0 aromatic carbocycles. The van der Waals surface area contributed by atoms with Crippen molar-refractivity contribution in [3.05, 3.63) is 79.4 Å². The van der Waals surface area contributed by atoms with E-state index in [1.807, 2.05) is 21.3 Å². The standard InChI is InChI=1S/C25H34N2O6.C21H26N2O6/c1-15(2)18-11-16-12-21(32-10-8-9-30-6)23(31-7)26-22(16)19-13-20(28)17(14-27(18)19)24(29)33-25(3,4)5;1-12(2)15-8-13-9-18(29-7-5-6-27-3)20(28-4)22-19(13)16-10-17(24)14(21(25)26)11-23(15)16/h12-15,18H,8-11H2,1-7H3;9-12,15H,5-8H2,1-4H3,(H,25,26)/t18-;15-/m00/s1. The van der Waals surface area contributed by atoms with E-state index in [1.54, 1.807) is 41.2 Å². The second-order valence-corrected chi connectivity index (χ2v) is 16.9. The maximum atomic E-state index is 12.9. The first-order valence-corrected chi connectivity index (χ1v) is 20.8. The van der Waals surface area contributed by atoms with Crippen molar-refractivity contribution in [3.8, 4) is 46.0 Å². The molecule has 2 aliphatic rings. The summed E-state index contributed by atoms with van der Waals surface area (Å²) >= 11 is 0. The normalized spacial score (nSPS) is 15.0. The number of methoxy groups -OCH3 is 4. The van der Waals surface area contributed by atoms with E-state index >= 15 is 0 Å². The lowest BCUT2D eigenvalue weighted by Crippen LogP contribution is -2.31. The summed E-state index contributed by atoms with van der Waals surface area (Å²) in [4.78, 5) is 58.7. The molecule has 4 aromatic heterocycles. The third kappa shape index (κ3) is 10.8. The minimum Gasteiger partial charge on any atom is -0.488 e. The van der Waals surface area contributed by atoms with E-state index in [-0.39, 0.29) is 35.0 Å². The molecule has 0 spiro atoms. The molecule has 62 heavy (non-hydrogen) atoms. The summed E-state index contributed by atoms with van der Waals surface area (Å²) in [7, 11) is 6.34. The summed E-state index contributed by atoms with van der Waals surface area (Å²) < 4.78 is 42.0. The van der Waals surface area contributed by atoms with Crippen LogP contribution in [-0.4, -0.2) is 96.6 Å². The molecular weight excluding hydrogens is 801 g/mol. The van der Waals surface area contributed by atoms with Gasteiger partial charge in [0.05, 0.1) is 50.2 Å². The summed E-state index contributed by atoms with van der Waals surface area (Å²) in [6.07, 6.45) is 5.85. The average Bonchev–Trinajstić information content (AvgIpc) is 3.21. The van der Waals surface area contributed by atoms with Gasteiger partial charge < -0.3 is 47.4 Å².